The van der Waals surface area contributed by atoms with Gasteiger partial charge in [0, 0.05) is 18.6 Å². The van der Waals surface area contributed by atoms with Gasteiger partial charge in [-0.05, 0) is 58.3 Å². The number of hydrogen-bond acceptors (Lipinski definition) is 3. The van der Waals surface area contributed by atoms with E-state index < -0.39 is 0 Å². The number of unbranched alkanes of at least 4 members (excludes halogenated alkanes) is 1. The molecule has 0 aliphatic carbocycles. The fourth-order valence-electron chi connectivity index (χ4n) is 3.95. The molecular formula is C18H38IN5. The molecule has 3 N–H and O–H groups in total. The number of hydrogen-bond donors (Lipinski definition) is 2. The maximum atomic E-state index is 6.10. The Morgan fingerprint density at radius 2 is 1.83 bits per heavy atom. The first kappa shape index (κ1) is 22.0. The monoisotopic (exact) mass is 451 g/mol. The second kappa shape index (κ2) is 12.3. The summed E-state index contributed by atoms with van der Waals surface area (Å²) in [6.07, 6.45) is 9.12. The van der Waals surface area contributed by atoms with Crippen LogP contribution >= 0.6 is 24.0 Å². The lowest BCUT2D eigenvalue weighted by atomic mass is 10.0. The van der Waals surface area contributed by atoms with E-state index in [-0.39, 0.29) is 24.0 Å². The highest BCUT2D eigenvalue weighted by Crippen LogP contribution is 2.17. The third-order valence-corrected chi connectivity index (χ3v) is 5.44. The van der Waals surface area contributed by atoms with Gasteiger partial charge >= 0.3 is 0 Å². The van der Waals surface area contributed by atoms with E-state index in [0.29, 0.717) is 18.0 Å². The summed E-state index contributed by atoms with van der Waals surface area (Å²) in [5.41, 5.74) is 6.10. The normalized spacial score (nSPS) is 26.3. The number of halogens is 1. The molecule has 0 saturated carbocycles. The average molecular weight is 451 g/mol. The van der Waals surface area contributed by atoms with Gasteiger partial charge in [-0.25, -0.2) is 0 Å². The SMILES string of the molecule is CCCCN1CCCCC1CNC(N)=NCC1CCCN1CC.I. The molecule has 2 aliphatic heterocycles. The lowest BCUT2D eigenvalue weighted by Crippen LogP contribution is -2.48. The maximum absolute atomic E-state index is 6.10. The smallest absolute Gasteiger partial charge is 0.188 e. The van der Waals surface area contributed by atoms with Crippen LogP contribution in [-0.2, 0) is 0 Å². The predicted octanol–water partition coefficient (Wildman–Crippen LogP) is 2.65. The van der Waals surface area contributed by atoms with Gasteiger partial charge in [-0.2, -0.15) is 0 Å². The average Bonchev–Trinajstić information content (AvgIpc) is 3.04. The molecular weight excluding hydrogens is 413 g/mol. The second-order valence-corrected chi connectivity index (χ2v) is 7.07. The number of guanidine groups is 1. The van der Waals surface area contributed by atoms with Gasteiger partial charge in [0.15, 0.2) is 5.96 Å². The molecule has 2 unspecified atom stereocenters. The molecule has 2 rings (SSSR count). The molecule has 142 valence electrons. The predicted molar refractivity (Wildman–Crippen MR) is 114 cm³/mol. The summed E-state index contributed by atoms with van der Waals surface area (Å²) < 4.78 is 0. The first-order chi connectivity index (χ1) is 11.2. The van der Waals surface area contributed by atoms with Crippen LogP contribution in [0.15, 0.2) is 4.99 Å². The highest BCUT2D eigenvalue weighted by Gasteiger charge is 2.23. The number of nitrogens with zero attached hydrogens (tertiary/aromatic N) is 3. The number of aliphatic imine (C=N–C) groups is 1. The fourth-order valence-corrected chi connectivity index (χ4v) is 3.95. The van der Waals surface area contributed by atoms with Crippen LogP contribution in [0, 0.1) is 0 Å². The number of likely N-dealkylation sites (tertiary alicyclic amines) is 2. The number of piperidine rings is 1. The number of likely N-dealkylation sites (N-methyl/N-ethyl adjacent to an activating group) is 1. The molecule has 2 heterocycles. The van der Waals surface area contributed by atoms with Crippen LogP contribution < -0.4 is 11.1 Å². The summed E-state index contributed by atoms with van der Waals surface area (Å²) in [6, 6.07) is 1.22. The Hall–Kier alpha value is -0.0800. The van der Waals surface area contributed by atoms with E-state index in [0.717, 1.165) is 19.6 Å². The Labute approximate surface area is 165 Å². The highest BCUT2D eigenvalue weighted by atomic mass is 127. The standard InChI is InChI=1S/C18H37N5.HI/c1-3-5-11-23-12-7-6-9-17(23)15-21-18(19)20-14-16-10-8-13-22(16)4-2;/h16-17H,3-15H2,1-2H3,(H3,19,20,21);1H. The number of nitrogens with two attached hydrogens (primary N) is 1. The molecule has 2 fully saturated rings. The van der Waals surface area contributed by atoms with E-state index in [9.17, 15) is 0 Å². The van der Waals surface area contributed by atoms with Crippen LogP contribution in [0.4, 0.5) is 0 Å². The van der Waals surface area contributed by atoms with Crippen molar-refractivity contribution in [1.82, 2.24) is 15.1 Å². The molecule has 2 atom stereocenters. The Morgan fingerprint density at radius 1 is 1.08 bits per heavy atom. The zero-order valence-corrected chi connectivity index (χ0v) is 18.0. The lowest BCUT2D eigenvalue weighted by molar-refractivity contribution is 0.147. The van der Waals surface area contributed by atoms with Crippen molar-refractivity contribution >= 4 is 29.9 Å². The van der Waals surface area contributed by atoms with E-state index in [1.807, 2.05) is 0 Å². The molecule has 0 amide bonds. The molecule has 0 aromatic rings. The molecule has 24 heavy (non-hydrogen) atoms. The largest absolute Gasteiger partial charge is 0.370 e. The van der Waals surface area contributed by atoms with Crippen LogP contribution in [0.1, 0.15) is 58.8 Å². The summed E-state index contributed by atoms with van der Waals surface area (Å²) in [6.45, 7) is 11.1. The van der Waals surface area contributed by atoms with Crippen molar-refractivity contribution in [3.05, 3.63) is 0 Å². The van der Waals surface area contributed by atoms with Crippen molar-refractivity contribution in [3.63, 3.8) is 0 Å². The van der Waals surface area contributed by atoms with Crippen LogP contribution in [0.2, 0.25) is 0 Å². The van der Waals surface area contributed by atoms with Gasteiger partial charge in [-0.3, -0.25) is 14.8 Å². The van der Waals surface area contributed by atoms with Crippen LogP contribution in [0.25, 0.3) is 0 Å². The van der Waals surface area contributed by atoms with E-state index in [4.69, 9.17) is 5.73 Å². The minimum absolute atomic E-state index is 0. The second-order valence-electron chi connectivity index (χ2n) is 7.07. The number of nitrogens with one attached hydrogen (secondary N) is 1. The Bertz CT molecular complexity index is 363. The van der Waals surface area contributed by atoms with Gasteiger partial charge in [0.1, 0.15) is 0 Å². The van der Waals surface area contributed by atoms with Crippen molar-refractivity contribution in [3.8, 4) is 0 Å². The van der Waals surface area contributed by atoms with Gasteiger partial charge < -0.3 is 11.1 Å². The maximum Gasteiger partial charge on any atom is 0.188 e. The van der Waals surface area contributed by atoms with Gasteiger partial charge in [0.25, 0.3) is 0 Å². The van der Waals surface area contributed by atoms with E-state index in [2.05, 4.69) is 34.0 Å². The summed E-state index contributed by atoms with van der Waals surface area (Å²) in [7, 11) is 0. The minimum Gasteiger partial charge on any atom is -0.370 e. The third-order valence-electron chi connectivity index (χ3n) is 5.44. The van der Waals surface area contributed by atoms with E-state index >= 15 is 0 Å². The Balaban J connectivity index is 0.00000288. The lowest BCUT2D eigenvalue weighted by Gasteiger charge is -2.36. The summed E-state index contributed by atoms with van der Waals surface area (Å²) in [4.78, 5) is 9.76. The molecule has 0 aromatic carbocycles. The van der Waals surface area contributed by atoms with Crippen molar-refractivity contribution in [2.75, 3.05) is 39.3 Å². The third kappa shape index (κ3) is 7.04. The summed E-state index contributed by atoms with van der Waals surface area (Å²) in [5.74, 6) is 0.633. The van der Waals surface area contributed by atoms with E-state index in [1.54, 1.807) is 0 Å². The number of rotatable bonds is 8. The van der Waals surface area contributed by atoms with Crippen LogP contribution in [0.5, 0.6) is 0 Å². The van der Waals surface area contributed by atoms with Gasteiger partial charge in [-0.15, -0.1) is 24.0 Å². The van der Waals surface area contributed by atoms with Gasteiger partial charge in [0.05, 0.1) is 6.54 Å². The Kier molecular flexibility index (Phi) is 11.3. The highest BCUT2D eigenvalue weighted by molar-refractivity contribution is 14.0. The fraction of sp³-hybridized carbons (Fsp3) is 0.944. The Morgan fingerprint density at radius 3 is 2.58 bits per heavy atom. The molecule has 0 radical (unpaired) electrons. The van der Waals surface area contributed by atoms with E-state index in [1.165, 1.54) is 64.6 Å². The minimum atomic E-state index is 0. The quantitative estimate of drug-likeness (QED) is 0.339. The van der Waals surface area contributed by atoms with Gasteiger partial charge in [-0.1, -0.05) is 26.7 Å². The van der Waals surface area contributed by atoms with Crippen molar-refractivity contribution in [2.24, 2.45) is 10.7 Å². The molecule has 2 saturated heterocycles. The van der Waals surface area contributed by atoms with Crippen molar-refractivity contribution < 1.29 is 0 Å². The zero-order chi connectivity index (χ0) is 16.5. The summed E-state index contributed by atoms with van der Waals surface area (Å²) >= 11 is 0. The summed E-state index contributed by atoms with van der Waals surface area (Å²) in [5, 5.41) is 3.38. The molecule has 0 bridgehead atoms. The molecule has 0 spiro atoms. The van der Waals surface area contributed by atoms with Crippen LogP contribution in [-0.4, -0.2) is 67.1 Å². The van der Waals surface area contributed by atoms with Crippen molar-refractivity contribution in [1.29, 1.82) is 0 Å². The molecule has 2 aliphatic rings. The zero-order valence-electron chi connectivity index (χ0n) is 15.7. The van der Waals surface area contributed by atoms with Gasteiger partial charge in [0.2, 0.25) is 0 Å². The first-order valence-corrected chi connectivity index (χ1v) is 9.76. The molecule has 0 aromatic heterocycles. The first-order valence-electron chi connectivity index (χ1n) is 9.76. The topological polar surface area (TPSA) is 56.9 Å². The molecule has 6 heteroatoms. The van der Waals surface area contributed by atoms with Crippen LogP contribution in [0.3, 0.4) is 0 Å². The van der Waals surface area contributed by atoms with Crippen molar-refractivity contribution in [2.45, 2.75) is 70.9 Å². The molecule has 5 nitrogen and oxygen atoms in total.